The van der Waals surface area contributed by atoms with E-state index >= 15 is 0 Å². The Balaban J connectivity index is 2.51. The van der Waals surface area contributed by atoms with Gasteiger partial charge >= 0.3 is 5.69 Å². The van der Waals surface area contributed by atoms with Crippen LogP contribution in [0.25, 0.3) is 5.69 Å². The summed E-state index contributed by atoms with van der Waals surface area (Å²) in [5, 5.41) is 10.2. The van der Waals surface area contributed by atoms with Gasteiger partial charge in [-0.05, 0) is 30.7 Å². The molecule has 0 aliphatic rings. The maximum Gasteiger partial charge on any atom is 0.335 e. The molecule has 0 saturated carbocycles. The van der Waals surface area contributed by atoms with Gasteiger partial charge in [-0.1, -0.05) is 13.3 Å². The van der Waals surface area contributed by atoms with E-state index in [9.17, 15) is 19.1 Å². The Hall–Kier alpha value is -2.70. The fourth-order valence-corrected chi connectivity index (χ4v) is 1.89. The van der Waals surface area contributed by atoms with E-state index in [-0.39, 0.29) is 11.3 Å². The van der Waals surface area contributed by atoms with Crippen molar-refractivity contribution in [1.82, 2.24) is 9.55 Å². The van der Waals surface area contributed by atoms with Crippen molar-refractivity contribution in [3.8, 4) is 11.6 Å². The van der Waals surface area contributed by atoms with Crippen LogP contribution < -0.4 is 11.2 Å². The lowest BCUT2D eigenvalue weighted by molar-refractivity contribution is 0.430. The molecule has 2 N–H and O–H groups in total. The summed E-state index contributed by atoms with van der Waals surface area (Å²) in [6.45, 7) is 2.53. The van der Waals surface area contributed by atoms with Crippen molar-refractivity contribution in [3.63, 3.8) is 0 Å². The first-order chi connectivity index (χ1) is 10.5. The van der Waals surface area contributed by atoms with Crippen molar-refractivity contribution in [1.29, 1.82) is 0 Å². The van der Waals surface area contributed by atoms with Crippen LogP contribution in [-0.2, 0) is 0 Å². The Bertz CT molecular complexity index is 791. The molecule has 6 nitrogen and oxygen atoms in total. The summed E-state index contributed by atoms with van der Waals surface area (Å²) in [4.78, 5) is 29.8. The highest BCUT2D eigenvalue weighted by Gasteiger charge is 2.14. The van der Waals surface area contributed by atoms with Gasteiger partial charge in [0.1, 0.15) is 11.4 Å². The number of aromatic nitrogens is 2. The van der Waals surface area contributed by atoms with Gasteiger partial charge in [0.05, 0.1) is 5.69 Å². The smallest absolute Gasteiger partial charge is 0.335 e. The van der Waals surface area contributed by atoms with E-state index in [1.54, 1.807) is 0 Å². The minimum absolute atomic E-state index is 0.111. The van der Waals surface area contributed by atoms with Crippen molar-refractivity contribution < 1.29 is 9.50 Å². The van der Waals surface area contributed by atoms with Crippen LogP contribution in [0.1, 0.15) is 25.3 Å². The molecule has 1 aromatic heterocycles. The number of hydrogen-bond donors (Lipinski definition) is 2. The summed E-state index contributed by atoms with van der Waals surface area (Å²) in [5.41, 5.74) is -1.40. The molecule has 0 radical (unpaired) electrons. The van der Waals surface area contributed by atoms with E-state index in [1.807, 2.05) is 6.92 Å². The average Bonchev–Trinajstić information content (AvgIpc) is 2.48. The van der Waals surface area contributed by atoms with Crippen LogP contribution in [0.2, 0.25) is 0 Å². The Morgan fingerprint density at radius 2 is 2.00 bits per heavy atom. The van der Waals surface area contributed by atoms with E-state index < -0.39 is 22.9 Å². The SMILES string of the molecule is CCCCN=Cc1c(O)n(-c2ccc(F)cc2)c(=O)[nH]c1=O. The molecule has 0 fully saturated rings. The lowest BCUT2D eigenvalue weighted by atomic mass is 10.2. The number of nitrogens with zero attached hydrogens (tertiary/aromatic N) is 2. The van der Waals surface area contributed by atoms with Crippen LogP contribution in [0.3, 0.4) is 0 Å². The number of aromatic hydroxyl groups is 1. The zero-order valence-electron chi connectivity index (χ0n) is 12.0. The summed E-state index contributed by atoms with van der Waals surface area (Å²) in [6, 6.07) is 4.96. The minimum Gasteiger partial charge on any atom is -0.493 e. The molecular formula is C15H16FN3O3. The van der Waals surface area contributed by atoms with Gasteiger partial charge in [0.15, 0.2) is 0 Å². The molecule has 0 unspecified atom stereocenters. The van der Waals surface area contributed by atoms with Crippen LogP contribution in [0.4, 0.5) is 4.39 Å². The Morgan fingerprint density at radius 3 is 2.64 bits per heavy atom. The topological polar surface area (TPSA) is 87.4 Å². The molecule has 1 heterocycles. The number of hydrogen-bond acceptors (Lipinski definition) is 4. The minimum atomic E-state index is -0.806. The van der Waals surface area contributed by atoms with E-state index in [4.69, 9.17) is 0 Å². The Morgan fingerprint density at radius 1 is 1.32 bits per heavy atom. The average molecular weight is 305 g/mol. The van der Waals surface area contributed by atoms with Crippen molar-refractivity contribution in [2.24, 2.45) is 4.99 Å². The van der Waals surface area contributed by atoms with Gasteiger partial charge in [-0.3, -0.25) is 14.8 Å². The number of rotatable bonds is 5. The monoisotopic (exact) mass is 305 g/mol. The number of halogens is 1. The highest BCUT2D eigenvalue weighted by atomic mass is 19.1. The second-order valence-electron chi connectivity index (χ2n) is 4.70. The number of unbranched alkanes of at least 4 members (excludes halogenated alkanes) is 1. The fourth-order valence-electron chi connectivity index (χ4n) is 1.89. The molecule has 7 heteroatoms. The number of aliphatic imine (C=N–C) groups is 1. The second-order valence-corrected chi connectivity index (χ2v) is 4.70. The Labute approximate surface area is 125 Å². The highest BCUT2D eigenvalue weighted by molar-refractivity contribution is 5.82. The van der Waals surface area contributed by atoms with E-state index in [1.165, 1.54) is 18.3 Å². The zero-order valence-corrected chi connectivity index (χ0v) is 12.0. The first-order valence-corrected chi connectivity index (χ1v) is 6.88. The molecule has 0 bridgehead atoms. The first kappa shape index (κ1) is 15.7. The fraction of sp³-hybridized carbons (Fsp3) is 0.267. The van der Waals surface area contributed by atoms with Crippen LogP contribution >= 0.6 is 0 Å². The third-order valence-electron chi connectivity index (χ3n) is 3.07. The third-order valence-corrected chi connectivity index (χ3v) is 3.07. The predicted octanol–water partition coefficient (Wildman–Crippen LogP) is 1.59. The number of aromatic amines is 1. The van der Waals surface area contributed by atoms with E-state index in [0.29, 0.717) is 6.54 Å². The number of nitrogens with one attached hydrogen (secondary N) is 1. The number of H-pyrrole nitrogens is 1. The van der Waals surface area contributed by atoms with Crippen LogP contribution in [0.15, 0.2) is 38.8 Å². The van der Waals surface area contributed by atoms with Gasteiger partial charge in [-0.2, -0.15) is 0 Å². The maximum absolute atomic E-state index is 13.0. The Kier molecular flexibility index (Phi) is 4.88. The molecule has 0 spiro atoms. The van der Waals surface area contributed by atoms with Gasteiger partial charge in [0.25, 0.3) is 5.56 Å². The zero-order chi connectivity index (χ0) is 16.1. The van der Waals surface area contributed by atoms with Crippen molar-refractivity contribution in [3.05, 3.63) is 56.5 Å². The quantitative estimate of drug-likeness (QED) is 0.649. The third kappa shape index (κ3) is 3.30. The molecule has 2 aromatic rings. The number of benzene rings is 1. The summed E-state index contributed by atoms with van der Waals surface area (Å²) >= 11 is 0. The molecule has 0 amide bonds. The summed E-state index contributed by atoms with van der Waals surface area (Å²) in [5.74, 6) is -0.998. The lowest BCUT2D eigenvalue weighted by Crippen LogP contribution is -2.31. The van der Waals surface area contributed by atoms with E-state index in [0.717, 1.165) is 29.5 Å². The van der Waals surface area contributed by atoms with Crippen molar-refractivity contribution in [2.45, 2.75) is 19.8 Å². The molecule has 22 heavy (non-hydrogen) atoms. The summed E-state index contributed by atoms with van der Waals surface area (Å²) in [6.07, 6.45) is 3.05. The van der Waals surface area contributed by atoms with Gasteiger partial charge in [-0.25, -0.2) is 13.8 Å². The largest absolute Gasteiger partial charge is 0.493 e. The van der Waals surface area contributed by atoms with Crippen LogP contribution in [0, 0.1) is 5.82 Å². The molecule has 1 aromatic carbocycles. The first-order valence-electron chi connectivity index (χ1n) is 6.88. The predicted molar refractivity (Wildman–Crippen MR) is 81.7 cm³/mol. The highest BCUT2D eigenvalue weighted by Crippen LogP contribution is 2.15. The maximum atomic E-state index is 13.0. The van der Waals surface area contributed by atoms with Gasteiger partial charge in [-0.15, -0.1) is 0 Å². The molecule has 116 valence electrons. The van der Waals surface area contributed by atoms with Crippen LogP contribution in [-0.4, -0.2) is 27.4 Å². The van der Waals surface area contributed by atoms with Crippen molar-refractivity contribution in [2.75, 3.05) is 6.54 Å². The van der Waals surface area contributed by atoms with Gasteiger partial charge < -0.3 is 5.11 Å². The molecule has 0 aliphatic carbocycles. The second kappa shape index (κ2) is 6.84. The molecule has 2 rings (SSSR count). The van der Waals surface area contributed by atoms with Crippen LogP contribution in [0.5, 0.6) is 5.88 Å². The molecule has 0 saturated heterocycles. The lowest BCUT2D eigenvalue weighted by Gasteiger charge is -2.09. The van der Waals surface area contributed by atoms with Gasteiger partial charge in [0.2, 0.25) is 5.88 Å². The normalized spacial score (nSPS) is 11.2. The molecular weight excluding hydrogens is 289 g/mol. The van der Waals surface area contributed by atoms with E-state index in [2.05, 4.69) is 9.98 Å². The summed E-state index contributed by atoms with van der Waals surface area (Å²) in [7, 11) is 0. The standard InChI is InChI=1S/C15H16FN3O3/c1-2-3-8-17-9-12-13(20)18-15(22)19(14(12)21)11-6-4-10(16)5-7-11/h4-7,9,21H,2-3,8H2,1H3,(H,18,20,22). The molecule has 0 atom stereocenters. The van der Waals surface area contributed by atoms with Crippen molar-refractivity contribution >= 4 is 6.21 Å². The summed E-state index contributed by atoms with van der Waals surface area (Å²) < 4.78 is 13.8. The van der Waals surface area contributed by atoms with Gasteiger partial charge in [0, 0.05) is 12.8 Å². The molecule has 0 aliphatic heterocycles.